The second kappa shape index (κ2) is 10.0. The SMILES string of the molecule is CNC(=O)Nc1ccc(NC(=O)c2ccccc2OCc2ccc(Cl)cc2Cl)cc1. The van der Waals surface area contributed by atoms with Crippen LogP contribution in [0.1, 0.15) is 15.9 Å². The number of anilines is 2. The molecule has 6 nitrogen and oxygen atoms in total. The van der Waals surface area contributed by atoms with Gasteiger partial charge in [-0.05, 0) is 48.5 Å². The van der Waals surface area contributed by atoms with Gasteiger partial charge in [-0.1, -0.05) is 41.4 Å². The maximum Gasteiger partial charge on any atom is 0.318 e. The summed E-state index contributed by atoms with van der Waals surface area (Å²) in [6.07, 6.45) is 0. The van der Waals surface area contributed by atoms with E-state index in [1.54, 1.807) is 66.7 Å². The van der Waals surface area contributed by atoms with Crippen LogP contribution in [0.15, 0.2) is 66.7 Å². The quantitative estimate of drug-likeness (QED) is 0.465. The van der Waals surface area contributed by atoms with Gasteiger partial charge in [0.15, 0.2) is 0 Å². The molecule has 30 heavy (non-hydrogen) atoms. The normalized spacial score (nSPS) is 10.2. The van der Waals surface area contributed by atoms with E-state index in [0.29, 0.717) is 32.7 Å². The van der Waals surface area contributed by atoms with E-state index in [1.165, 1.54) is 7.05 Å². The lowest BCUT2D eigenvalue weighted by molar-refractivity contribution is 0.102. The molecule has 3 aromatic rings. The summed E-state index contributed by atoms with van der Waals surface area (Å²) in [5, 5.41) is 8.98. The molecule has 3 aromatic carbocycles. The lowest BCUT2D eigenvalue weighted by atomic mass is 10.1. The van der Waals surface area contributed by atoms with Gasteiger partial charge in [0.05, 0.1) is 5.56 Å². The number of para-hydroxylation sites is 1. The average molecular weight is 444 g/mol. The highest BCUT2D eigenvalue weighted by Crippen LogP contribution is 2.25. The van der Waals surface area contributed by atoms with Gasteiger partial charge in [-0.25, -0.2) is 4.79 Å². The molecule has 3 rings (SSSR count). The van der Waals surface area contributed by atoms with Crippen LogP contribution in [0.4, 0.5) is 16.2 Å². The smallest absolute Gasteiger partial charge is 0.318 e. The summed E-state index contributed by atoms with van der Waals surface area (Å²) in [5.74, 6) is 0.110. The molecule has 0 saturated carbocycles. The maximum absolute atomic E-state index is 12.8. The van der Waals surface area contributed by atoms with Crippen molar-refractivity contribution in [2.75, 3.05) is 17.7 Å². The highest BCUT2D eigenvalue weighted by molar-refractivity contribution is 6.35. The molecule has 0 spiro atoms. The molecule has 154 valence electrons. The van der Waals surface area contributed by atoms with Gasteiger partial charge in [0.1, 0.15) is 12.4 Å². The molecule has 0 saturated heterocycles. The third kappa shape index (κ3) is 5.65. The van der Waals surface area contributed by atoms with Crippen molar-refractivity contribution >= 4 is 46.5 Å². The van der Waals surface area contributed by atoms with Crippen LogP contribution in [-0.4, -0.2) is 19.0 Å². The maximum atomic E-state index is 12.8. The summed E-state index contributed by atoms with van der Waals surface area (Å²) in [5.41, 5.74) is 2.33. The fourth-order valence-corrected chi connectivity index (χ4v) is 3.07. The fourth-order valence-electron chi connectivity index (χ4n) is 2.60. The van der Waals surface area contributed by atoms with Crippen LogP contribution < -0.4 is 20.7 Å². The number of amides is 3. The van der Waals surface area contributed by atoms with Crippen molar-refractivity contribution in [3.63, 3.8) is 0 Å². The third-order valence-electron chi connectivity index (χ3n) is 4.16. The van der Waals surface area contributed by atoms with E-state index < -0.39 is 0 Å². The Morgan fingerprint density at radius 1 is 0.900 bits per heavy atom. The largest absolute Gasteiger partial charge is 0.488 e. The van der Waals surface area contributed by atoms with Crippen molar-refractivity contribution in [2.24, 2.45) is 0 Å². The number of hydrogen-bond donors (Lipinski definition) is 3. The van der Waals surface area contributed by atoms with E-state index in [-0.39, 0.29) is 18.5 Å². The van der Waals surface area contributed by atoms with Gasteiger partial charge in [0.2, 0.25) is 0 Å². The zero-order valence-electron chi connectivity index (χ0n) is 16.0. The van der Waals surface area contributed by atoms with E-state index in [4.69, 9.17) is 27.9 Å². The van der Waals surface area contributed by atoms with E-state index in [0.717, 1.165) is 5.56 Å². The Kier molecular flexibility index (Phi) is 7.17. The average Bonchev–Trinajstić information content (AvgIpc) is 2.74. The minimum absolute atomic E-state index is 0.195. The van der Waals surface area contributed by atoms with Crippen LogP contribution >= 0.6 is 23.2 Å². The van der Waals surface area contributed by atoms with E-state index in [9.17, 15) is 9.59 Å². The van der Waals surface area contributed by atoms with E-state index in [2.05, 4.69) is 16.0 Å². The third-order valence-corrected chi connectivity index (χ3v) is 4.74. The standard InChI is InChI=1S/C22H19Cl2N3O3/c1-25-22(29)27-17-10-8-16(9-11-17)26-21(28)18-4-2-3-5-20(18)30-13-14-6-7-15(23)12-19(14)24/h2-12H,13H2,1H3,(H,26,28)(H2,25,27,29). The first kappa shape index (κ1) is 21.5. The predicted molar refractivity (Wildman–Crippen MR) is 120 cm³/mol. The van der Waals surface area contributed by atoms with Crippen LogP contribution in [-0.2, 0) is 6.61 Å². The molecule has 0 aromatic heterocycles. The van der Waals surface area contributed by atoms with Crippen molar-refractivity contribution in [3.8, 4) is 5.75 Å². The number of carbonyl (C=O) groups is 2. The molecule has 8 heteroatoms. The summed E-state index contributed by atoms with van der Waals surface area (Å²) in [6.45, 7) is 0.195. The first-order chi connectivity index (χ1) is 14.5. The molecule has 0 aliphatic carbocycles. The molecule has 0 fully saturated rings. The van der Waals surface area contributed by atoms with Crippen molar-refractivity contribution in [1.29, 1.82) is 0 Å². The summed E-state index contributed by atoms with van der Waals surface area (Å²) >= 11 is 12.1. The molecular weight excluding hydrogens is 425 g/mol. The lowest BCUT2D eigenvalue weighted by Crippen LogP contribution is -2.24. The van der Waals surface area contributed by atoms with Gasteiger partial charge in [-0.3, -0.25) is 4.79 Å². The molecule has 0 heterocycles. The summed E-state index contributed by atoms with van der Waals surface area (Å²) < 4.78 is 5.84. The van der Waals surface area contributed by atoms with Gasteiger partial charge in [0.25, 0.3) is 5.91 Å². The summed E-state index contributed by atoms with van der Waals surface area (Å²) in [6, 6.07) is 18.5. The molecule has 0 atom stereocenters. The Hall–Kier alpha value is -3.22. The number of halogens is 2. The first-order valence-electron chi connectivity index (χ1n) is 9.02. The number of carbonyl (C=O) groups excluding carboxylic acids is 2. The van der Waals surface area contributed by atoms with E-state index in [1.807, 2.05) is 0 Å². The zero-order chi connectivity index (χ0) is 21.5. The van der Waals surface area contributed by atoms with Crippen molar-refractivity contribution in [1.82, 2.24) is 5.32 Å². The van der Waals surface area contributed by atoms with Gasteiger partial charge in [-0.2, -0.15) is 0 Å². The second-order valence-electron chi connectivity index (χ2n) is 6.26. The van der Waals surface area contributed by atoms with Crippen LogP contribution in [0.2, 0.25) is 10.0 Å². The summed E-state index contributed by atoms with van der Waals surface area (Å²) in [7, 11) is 1.53. The van der Waals surface area contributed by atoms with E-state index >= 15 is 0 Å². The highest BCUT2D eigenvalue weighted by Gasteiger charge is 2.13. The van der Waals surface area contributed by atoms with Crippen LogP contribution in [0.5, 0.6) is 5.75 Å². The van der Waals surface area contributed by atoms with Gasteiger partial charge in [-0.15, -0.1) is 0 Å². The molecule has 0 aliphatic rings. The minimum Gasteiger partial charge on any atom is -0.488 e. The van der Waals surface area contributed by atoms with Gasteiger partial charge in [0, 0.05) is 34.0 Å². The number of rotatable bonds is 6. The number of nitrogens with one attached hydrogen (secondary N) is 3. The van der Waals surface area contributed by atoms with Crippen molar-refractivity contribution in [2.45, 2.75) is 6.61 Å². The number of ether oxygens (including phenoxy) is 1. The Bertz CT molecular complexity index is 1060. The molecule has 0 bridgehead atoms. The minimum atomic E-state index is -0.321. The monoisotopic (exact) mass is 443 g/mol. The molecule has 0 aliphatic heterocycles. The number of urea groups is 1. The molecule has 3 N–H and O–H groups in total. The fraction of sp³-hybridized carbons (Fsp3) is 0.0909. The van der Waals surface area contributed by atoms with Crippen LogP contribution in [0.3, 0.4) is 0 Å². The Balaban J connectivity index is 1.68. The highest BCUT2D eigenvalue weighted by atomic mass is 35.5. The molecule has 3 amide bonds. The Morgan fingerprint density at radius 2 is 1.57 bits per heavy atom. The van der Waals surface area contributed by atoms with Crippen molar-refractivity contribution < 1.29 is 14.3 Å². The lowest BCUT2D eigenvalue weighted by Gasteiger charge is -2.13. The van der Waals surface area contributed by atoms with Crippen LogP contribution in [0.25, 0.3) is 0 Å². The number of hydrogen-bond acceptors (Lipinski definition) is 3. The summed E-state index contributed by atoms with van der Waals surface area (Å²) in [4.78, 5) is 24.1. The topological polar surface area (TPSA) is 79.5 Å². The molecular formula is C22H19Cl2N3O3. The van der Waals surface area contributed by atoms with Crippen LogP contribution in [0, 0.1) is 0 Å². The van der Waals surface area contributed by atoms with Gasteiger partial charge < -0.3 is 20.7 Å². The zero-order valence-corrected chi connectivity index (χ0v) is 17.6. The van der Waals surface area contributed by atoms with Gasteiger partial charge >= 0.3 is 6.03 Å². The molecule has 0 unspecified atom stereocenters. The predicted octanol–water partition coefficient (Wildman–Crippen LogP) is 5.58. The second-order valence-corrected chi connectivity index (χ2v) is 7.10. The Labute approximate surface area is 184 Å². The number of benzene rings is 3. The van der Waals surface area contributed by atoms with Crippen molar-refractivity contribution in [3.05, 3.63) is 87.9 Å². The first-order valence-corrected chi connectivity index (χ1v) is 9.78. The molecule has 0 radical (unpaired) electrons. The Morgan fingerprint density at radius 3 is 2.23 bits per heavy atom.